The van der Waals surface area contributed by atoms with E-state index in [2.05, 4.69) is 4.98 Å². The van der Waals surface area contributed by atoms with Gasteiger partial charge in [0.15, 0.2) is 11.4 Å². The van der Waals surface area contributed by atoms with E-state index in [0.717, 1.165) is 12.8 Å². The van der Waals surface area contributed by atoms with Crippen LogP contribution in [0.15, 0.2) is 18.3 Å². The lowest BCUT2D eigenvalue weighted by atomic mass is 9.81. The van der Waals surface area contributed by atoms with Crippen LogP contribution in [0.4, 0.5) is 13.2 Å². The molecule has 1 aromatic rings. The number of likely N-dealkylation sites (tertiary alicyclic amines) is 1. The Kier molecular flexibility index (Phi) is 7.20. The van der Waals surface area contributed by atoms with E-state index in [1.54, 1.807) is 24.0 Å². The first-order valence-electron chi connectivity index (χ1n) is 10.4. The number of amides is 1. The van der Waals surface area contributed by atoms with Crippen LogP contribution in [-0.4, -0.2) is 53.7 Å². The first-order valence-corrected chi connectivity index (χ1v) is 10.4. The molecule has 6 nitrogen and oxygen atoms in total. The zero-order valence-corrected chi connectivity index (χ0v) is 17.0. The van der Waals surface area contributed by atoms with E-state index in [-0.39, 0.29) is 62.5 Å². The maximum atomic E-state index is 12.9. The summed E-state index contributed by atoms with van der Waals surface area (Å²) < 4.78 is 49.4. The number of carbonyl (C=O) groups excluding carboxylic acids is 2. The quantitative estimate of drug-likeness (QED) is 0.641. The number of rotatable bonds is 6. The monoisotopic (exact) mass is 428 g/mol. The minimum Gasteiger partial charge on any atom is -0.489 e. The van der Waals surface area contributed by atoms with E-state index in [1.807, 2.05) is 0 Å². The van der Waals surface area contributed by atoms with E-state index < -0.39 is 18.1 Å². The van der Waals surface area contributed by atoms with Gasteiger partial charge in [-0.05, 0) is 57.6 Å². The molecule has 1 atom stereocenters. The van der Waals surface area contributed by atoms with Crippen LogP contribution >= 0.6 is 0 Å². The molecule has 2 aliphatic rings. The Bertz CT molecular complexity index is 748. The topological polar surface area (TPSA) is 68.7 Å². The Morgan fingerprint density at radius 2 is 1.93 bits per heavy atom. The third kappa shape index (κ3) is 5.23. The highest BCUT2D eigenvalue weighted by molar-refractivity contribution is 5.90. The highest BCUT2D eigenvalue weighted by Crippen LogP contribution is 2.40. The molecule has 9 heteroatoms. The van der Waals surface area contributed by atoms with Gasteiger partial charge in [0.1, 0.15) is 6.61 Å². The smallest absolute Gasteiger partial charge is 0.391 e. The summed E-state index contributed by atoms with van der Waals surface area (Å²) in [6.45, 7) is 2.69. The van der Waals surface area contributed by atoms with Gasteiger partial charge in [0.2, 0.25) is 5.91 Å². The van der Waals surface area contributed by atoms with E-state index >= 15 is 0 Å². The molecule has 0 N–H and O–H groups in total. The number of ether oxygens (including phenoxy) is 2. The molecule has 2 heterocycles. The zero-order chi connectivity index (χ0) is 21.7. The van der Waals surface area contributed by atoms with Crippen LogP contribution in [0.3, 0.4) is 0 Å². The molecule has 1 aliphatic heterocycles. The van der Waals surface area contributed by atoms with Gasteiger partial charge in [-0.25, -0.2) is 9.78 Å². The van der Waals surface area contributed by atoms with Gasteiger partial charge >= 0.3 is 12.1 Å². The second kappa shape index (κ2) is 9.66. The predicted octanol–water partition coefficient (Wildman–Crippen LogP) is 4.00. The Hall–Kier alpha value is -2.32. The highest BCUT2D eigenvalue weighted by atomic mass is 19.4. The molecule has 3 rings (SSSR count). The van der Waals surface area contributed by atoms with Crippen LogP contribution in [0, 0.1) is 11.8 Å². The van der Waals surface area contributed by atoms with Crippen LogP contribution < -0.4 is 4.74 Å². The first kappa shape index (κ1) is 22.4. The molecule has 0 aromatic carbocycles. The molecule has 1 saturated carbocycles. The van der Waals surface area contributed by atoms with Crippen LogP contribution in [-0.2, 0) is 9.53 Å². The van der Waals surface area contributed by atoms with Crippen LogP contribution in [0.2, 0.25) is 0 Å². The largest absolute Gasteiger partial charge is 0.489 e. The Morgan fingerprint density at radius 1 is 1.20 bits per heavy atom. The standard InChI is InChI=1S/C21H27F3N2O4/c1-2-29-20(28)18-17(6-3-11-25-18)30-13-16-5-4-12-26(16)19(27)14-7-9-15(10-8-14)21(22,23)24/h3,6,11,14-16H,2,4-5,7-10,12-13H2,1H3/t14?,15?,16-/m0/s1. The summed E-state index contributed by atoms with van der Waals surface area (Å²) >= 11 is 0. The van der Waals surface area contributed by atoms with Crippen LogP contribution in [0.25, 0.3) is 0 Å². The van der Waals surface area contributed by atoms with Crippen molar-refractivity contribution in [2.45, 2.75) is 57.7 Å². The minimum absolute atomic E-state index is 0.00744. The van der Waals surface area contributed by atoms with Crippen molar-refractivity contribution in [1.82, 2.24) is 9.88 Å². The maximum Gasteiger partial charge on any atom is 0.391 e. The number of carbonyl (C=O) groups is 2. The molecule has 1 aliphatic carbocycles. The van der Waals surface area contributed by atoms with Gasteiger partial charge in [-0.15, -0.1) is 0 Å². The summed E-state index contributed by atoms with van der Waals surface area (Å²) in [4.78, 5) is 30.7. The van der Waals surface area contributed by atoms with Gasteiger partial charge < -0.3 is 14.4 Å². The first-order chi connectivity index (χ1) is 14.3. The molecule has 0 spiro atoms. The molecule has 2 fully saturated rings. The summed E-state index contributed by atoms with van der Waals surface area (Å²) in [6.07, 6.45) is -0.597. The molecule has 1 saturated heterocycles. The van der Waals surface area contributed by atoms with Gasteiger partial charge in [-0.3, -0.25) is 4.79 Å². The summed E-state index contributed by atoms with van der Waals surface area (Å²) in [6, 6.07) is 3.10. The van der Waals surface area contributed by atoms with Gasteiger partial charge in [0.05, 0.1) is 18.6 Å². The fourth-order valence-electron chi connectivity index (χ4n) is 4.25. The van der Waals surface area contributed by atoms with E-state index in [1.165, 1.54) is 6.20 Å². The number of aromatic nitrogens is 1. The SMILES string of the molecule is CCOC(=O)c1ncccc1OC[C@@H]1CCCN1C(=O)C1CCC(C(F)(F)F)CC1. The normalized spacial score (nSPS) is 24.5. The summed E-state index contributed by atoms with van der Waals surface area (Å²) in [5.41, 5.74) is 0.0840. The summed E-state index contributed by atoms with van der Waals surface area (Å²) in [5.74, 6) is -2.03. The zero-order valence-electron chi connectivity index (χ0n) is 17.0. The van der Waals surface area contributed by atoms with Crippen molar-refractivity contribution in [3.05, 3.63) is 24.0 Å². The number of halogens is 3. The van der Waals surface area contributed by atoms with Crippen LogP contribution in [0.5, 0.6) is 5.75 Å². The number of esters is 1. The molecule has 1 amide bonds. The number of alkyl halides is 3. The van der Waals surface area contributed by atoms with E-state index in [9.17, 15) is 22.8 Å². The van der Waals surface area contributed by atoms with Crippen molar-refractivity contribution in [3.63, 3.8) is 0 Å². The Morgan fingerprint density at radius 3 is 2.60 bits per heavy atom. The molecular weight excluding hydrogens is 401 g/mol. The van der Waals surface area contributed by atoms with E-state index in [0.29, 0.717) is 12.3 Å². The third-order valence-corrected chi connectivity index (χ3v) is 5.87. The molecule has 30 heavy (non-hydrogen) atoms. The minimum atomic E-state index is -4.18. The lowest BCUT2D eigenvalue weighted by Gasteiger charge is -2.33. The second-order valence-corrected chi connectivity index (χ2v) is 7.80. The average molecular weight is 428 g/mol. The molecule has 0 bridgehead atoms. The number of hydrogen-bond acceptors (Lipinski definition) is 5. The fraction of sp³-hybridized carbons (Fsp3) is 0.667. The summed E-state index contributed by atoms with van der Waals surface area (Å²) in [7, 11) is 0. The van der Waals surface area contributed by atoms with Gasteiger partial charge in [0.25, 0.3) is 0 Å². The molecular formula is C21H27F3N2O4. The van der Waals surface area contributed by atoms with Crippen molar-refractivity contribution >= 4 is 11.9 Å². The van der Waals surface area contributed by atoms with Gasteiger partial charge in [0, 0.05) is 18.7 Å². The fourth-order valence-corrected chi connectivity index (χ4v) is 4.25. The average Bonchev–Trinajstić information content (AvgIpc) is 3.20. The van der Waals surface area contributed by atoms with E-state index in [4.69, 9.17) is 9.47 Å². The van der Waals surface area contributed by atoms with Crippen molar-refractivity contribution < 1.29 is 32.2 Å². The van der Waals surface area contributed by atoms with Crippen LogP contribution in [0.1, 0.15) is 55.9 Å². The third-order valence-electron chi connectivity index (χ3n) is 5.87. The number of pyridine rings is 1. The van der Waals surface area contributed by atoms with Crippen molar-refractivity contribution in [2.24, 2.45) is 11.8 Å². The Balaban J connectivity index is 1.58. The predicted molar refractivity (Wildman–Crippen MR) is 102 cm³/mol. The second-order valence-electron chi connectivity index (χ2n) is 7.80. The van der Waals surface area contributed by atoms with Crippen molar-refractivity contribution in [2.75, 3.05) is 19.8 Å². The van der Waals surface area contributed by atoms with Gasteiger partial charge in [-0.1, -0.05) is 0 Å². The molecule has 0 radical (unpaired) electrons. The Labute approximate surface area is 173 Å². The number of nitrogens with zero attached hydrogens (tertiary/aromatic N) is 2. The summed E-state index contributed by atoms with van der Waals surface area (Å²) in [5, 5.41) is 0. The number of hydrogen-bond donors (Lipinski definition) is 0. The highest BCUT2D eigenvalue weighted by Gasteiger charge is 2.44. The molecule has 0 unspecified atom stereocenters. The lowest BCUT2D eigenvalue weighted by molar-refractivity contribution is -0.185. The van der Waals surface area contributed by atoms with Crippen molar-refractivity contribution in [1.29, 1.82) is 0 Å². The van der Waals surface area contributed by atoms with Gasteiger partial charge in [-0.2, -0.15) is 13.2 Å². The molecule has 1 aromatic heterocycles. The lowest BCUT2D eigenvalue weighted by Crippen LogP contribution is -2.44. The molecule has 166 valence electrons. The van der Waals surface area contributed by atoms with Crippen molar-refractivity contribution in [3.8, 4) is 5.75 Å². The maximum absolute atomic E-state index is 12.9.